The van der Waals surface area contributed by atoms with Gasteiger partial charge in [-0.05, 0) is 53.4 Å². The first-order valence-electron chi connectivity index (χ1n) is 13.8. The lowest BCUT2D eigenvalue weighted by molar-refractivity contribution is -0.153. The topological polar surface area (TPSA) is 134 Å². The zero-order valence-corrected chi connectivity index (χ0v) is 23.5. The number of carboxylic acids is 1. The van der Waals surface area contributed by atoms with Crippen LogP contribution in [0.1, 0.15) is 83.4 Å². The third-order valence-corrected chi connectivity index (χ3v) is 7.16. The number of nitrogens with two attached hydrogens (primary N) is 2. The molecular formula is C30H47N5O3. The number of rotatable bonds is 10. The van der Waals surface area contributed by atoms with E-state index in [0.717, 1.165) is 36.9 Å². The standard InChI is InChI=1S/C30H43N3O3.H4N2/c1-5-6-14-28(34)33(29(21(2)3)30(35)36)20-23-15-17-24(18-16-23)25-11-7-8-12-26(25)27-13-9-10-22(4)19-31-32-27;1-2/h7-8,11-12,15-18,21-22,27,29,31-32H,5-6,9-10,13-14,19-20H2,1-4H3,(H,35,36);1-2H2. The summed E-state index contributed by atoms with van der Waals surface area (Å²) in [6, 6.07) is 16.1. The SMILES string of the molecule is CCCCC(=O)N(Cc1ccc(-c2ccccc2C2CCCC(C)CNN2)cc1)C(C(=O)O)C(C)C.NN. The zero-order valence-electron chi connectivity index (χ0n) is 23.5. The highest BCUT2D eigenvalue weighted by atomic mass is 16.4. The van der Waals surface area contributed by atoms with E-state index in [9.17, 15) is 14.7 Å². The molecular weight excluding hydrogens is 478 g/mol. The second-order valence-electron chi connectivity index (χ2n) is 10.6. The number of aliphatic carboxylic acids is 1. The summed E-state index contributed by atoms with van der Waals surface area (Å²) < 4.78 is 0. The van der Waals surface area contributed by atoms with Crippen molar-refractivity contribution in [2.75, 3.05) is 6.54 Å². The van der Waals surface area contributed by atoms with Crippen molar-refractivity contribution in [1.82, 2.24) is 15.8 Å². The summed E-state index contributed by atoms with van der Waals surface area (Å²) in [5, 5.41) is 9.86. The Morgan fingerprint density at radius 3 is 2.39 bits per heavy atom. The second-order valence-corrected chi connectivity index (χ2v) is 10.6. The van der Waals surface area contributed by atoms with Crippen molar-refractivity contribution in [3.05, 3.63) is 59.7 Å². The number of hydrogen-bond donors (Lipinski definition) is 5. The van der Waals surface area contributed by atoms with Crippen LogP contribution in [0.4, 0.5) is 0 Å². The summed E-state index contributed by atoms with van der Waals surface area (Å²) in [5.74, 6) is 7.46. The average Bonchev–Trinajstić information content (AvgIpc) is 2.90. The molecule has 1 heterocycles. The van der Waals surface area contributed by atoms with Crippen molar-refractivity contribution in [1.29, 1.82) is 0 Å². The molecule has 8 heteroatoms. The summed E-state index contributed by atoms with van der Waals surface area (Å²) >= 11 is 0. The lowest BCUT2D eigenvalue weighted by atomic mass is 9.90. The van der Waals surface area contributed by atoms with E-state index in [1.54, 1.807) is 4.90 Å². The maximum absolute atomic E-state index is 13.0. The Hall–Kier alpha value is -2.78. The quantitative estimate of drug-likeness (QED) is 0.223. The van der Waals surface area contributed by atoms with Gasteiger partial charge in [-0.15, -0.1) is 0 Å². The van der Waals surface area contributed by atoms with Crippen LogP contribution in [0.2, 0.25) is 0 Å². The zero-order chi connectivity index (χ0) is 28.1. The van der Waals surface area contributed by atoms with Crippen LogP contribution in [0.3, 0.4) is 0 Å². The van der Waals surface area contributed by atoms with Gasteiger partial charge in [0.1, 0.15) is 6.04 Å². The van der Waals surface area contributed by atoms with E-state index in [1.807, 2.05) is 32.9 Å². The van der Waals surface area contributed by atoms with Crippen LogP contribution in [0.25, 0.3) is 11.1 Å². The van der Waals surface area contributed by atoms with Crippen molar-refractivity contribution in [3.8, 4) is 11.1 Å². The highest BCUT2D eigenvalue weighted by Crippen LogP contribution is 2.32. The van der Waals surface area contributed by atoms with Crippen molar-refractivity contribution in [3.63, 3.8) is 0 Å². The highest BCUT2D eigenvalue weighted by molar-refractivity contribution is 5.84. The molecule has 8 nitrogen and oxygen atoms in total. The van der Waals surface area contributed by atoms with E-state index in [-0.39, 0.29) is 17.9 Å². The maximum Gasteiger partial charge on any atom is 0.326 e. The van der Waals surface area contributed by atoms with Gasteiger partial charge in [0, 0.05) is 25.6 Å². The molecule has 1 aliphatic rings. The number of hydrogen-bond acceptors (Lipinski definition) is 6. The van der Waals surface area contributed by atoms with Gasteiger partial charge in [-0.1, -0.05) is 89.1 Å². The first kappa shape index (κ1) is 31.4. The maximum atomic E-state index is 13.0. The molecule has 1 saturated heterocycles. The fourth-order valence-electron chi connectivity index (χ4n) is 5.08. The molecule has 38 heavy (non-hydrogen) atoms. The van der Waals surface area contributed by atoms with Crippen LogP contribution in [0.15, 0.2) is 48.5 Å². The lowest BCUT2D eigenvalue weighted by Crippen LogP contribution is -2.47. The molecule has 3 atom stereocenters. The largest absolute Gasteiger partial charge is 0.480 e. The van der Waals surface area contributed by atoms with Gasteiger partial charge in [-0.2, -0.15) is 0 Å². The van der Waals surface area contributed by atoms with Gasteiger partial charge >= 0.3 is 5.97 Å². The van der Waals surface area contributed by atoms with Crippen LogP contribution < -0.4 is 22.5 Å². The number of hydrazine groups is 2. The van der Waals surface area contributed by atoms with E-state index < -0.39 is 12.0 Å². The summed E-state index contributed by atoms with van der Waals surface area (Å²) in [7, 11) is 0. The second kappa shape index (κ2) is 16.2. The Balaban J connectivity index is 0.00000247. The summed E-state index contributed by atoms with van der Waals surface area (Å²) in [6.07, 6.45) is 5.53. The number of nitrogens with one attached hydrogen (secondary N) is 2. The fourth-order valence-corrected chi connectivity index (χ4v) is 5.08. The van der Waals surface area contributed by atoms with Crippen LogP contribution in [0, 0.1) is 11.8 Å². The summed E-state index contributed by atoms with van der Waals surface area (Å²) in [5.41, 5.74) is 11.5. The minimum Gasteiger partial charge on any atom is -0.480 e. The third kappa shape index (κ3) is 8.91. The Morgan fingerprint density at radius 2 is 1.76 bits per heavy atom. The highest BCUT2D eigenvalue weighted by Gasteiger charge is 2.32. The minimum atomic E-state index is -0.949. The van der Waals surface area contributed by atoms with E-state index >= 15 is 0 Å². The number of unbranched alkanes of at least 4 members (excludes halogenated alkanes) is 1. The molecule has 7 N–H and O–H groups in total. The molecule has 1 amide bonds. The molecule has 3 rings (SSSR count). The molecule has 210 valence electrons. The van der Waals surface area contributed by atoms with Crippen molar-refractivity contribution < 1.29 is 14.7 Å². The van der Waals surface area contributed by atoms with Crippen molar-refractivity contribution in [2.45, 2.75) is 84.8 Å². The van der Waals surface area contributed by atoms with E-state index in [4.69, 9.17) is 0 Å². The molecule has 0 aromatic heterocycles. The Kier molecular flexibility index (Phi) is 13.4. The van der Waals surface area contributed by atoms with E-state index in [0.29, 0.717) is 18.9 Å². The van der Waals surface area contributed by atoms with Gasteiger partial charge in [-0.25, -0.2) is 4.79 Å². The molecule has 2 aromatic rings. The van der Waals surface area contributed by atoms with Gasteiger partial charge in [-0.3, -0.25) is 27.3 Å². The number of nitrogens with zero attached hydrogens (tertiary/aromatic N) is 1. The first-order chi connectivity index (χ1) is 18.3. The third-order valence-electron chi connectivity index (χ3n) is 7.16. The predicted molar refractivity (Wildman–Crippen MR) is 153 cm³/mol. The van der Waals surface area contributed by atoms with Gasteiger partial charge in [0.2, 0.25) is 5.91 Å². The summed E-state index contributed by atoms with van der Waals surface area (Å²) in [4.78, 5) is 26.6. The van der Waals surface area contributed by atoms with Gasteiger partial charge < -0.3 is 10.0 Å². The Bertz CT molecular complexity index is 986. The van der Waals surface area contributed by atoms with Gasteiger partial charge in [0.05, 0.1) is 0 Å². The van der Waals surface area contributed by atoms with Gasteiger partial charge in [0.25, 0.3) is 0 Å². The smallest absolute Gasteiger partial charge is 0.326 e. The van der Waals surface area contributed by atoms with Crippen LogP contribution in [0.5, 0.6) is 0 Å². The van der Waals surface area contributed by atoms with Crippen molar-refractivity contribution >= 4 is 11.9 Å². The molecule has 0 spiro atoms. The molecule has 1 aliphatic heterocycles. The molecule has 1 fully saturated rings. The molecule has 3 unspecified atom stereocenters. The molecule has 2 aromatic carbocycles. The minimum absolute atomic E-state index is 0.0930. The Morgan fingerprint density at radius 1 is 1.08 bits per heavy atom. The molecule has 0 aliphatic carbocycles. The van der Waals surface area contributed by atoms with E-state index in [2.05, 4.69) is 65.9 Å². The number of benzene rings is 2. The average molecular weight is 526 g/mol. The number of carbonyl (C=O) groups is 2. The summed E-state index contributed by atoms with van der Waals surface area (Å²) in [6.45, 7) is 9.30. The number of amides is 1. The van der Waals surface area contributed by atoms with E-state index in [1.165, 1.54) is 24.0 Å². The first-order valence-corrected chi connectivity index (χ1v) is 13.8. The fraction of sp³-hybridized carbons (Fsp3) is 0.533. The molecule has 0 radical (unpaired) electrons. The lowest BCUT2D eigenvalue weighted by Gasteiger charge is -2.32. The van der Waals surface area contributed by atoms with Gasteiger partial charge in [0.15, 0.2) is 0 Å². The normalized spacial score (nSPS) is 18.5. The predicted octanol–water partition coefficient (Wildman–Crippen LogP) is 4.76. The number of carboxylic acid groups (broad SMARTS) is 1. The Labute approximate surface area is 228 Å². The van der Waals surface area contributed by atoms with Crippen LogP contribution >= 0.6 is 0 Å². The molecule has 0 bridgehead atoms. The van der Waals surface area contributed by atoms with Crippen molar-refractivity contribution in [2.24, 2.45) is 23.5 Å². The monoisotopic (exact) mass is 525 g/mol. The van der Waals surface area contributed by atoms with Crippen LogP contribution in [-0.4, -0.2) is 34.5 Å². The number of carbonyl (C=O) groups excluding carboxylic acids is 1. The van der Waals surface area contributed by atoms with Crippen LogP contribution in [-0.2, 0) is 16.1 Å². The molecule has 0 saturated carbocycles.